The van der Waals surface area contributed by atoms with Crippen molar-refractivity contribution in [1.29, 1.82) is 5.26 Å². The number of benzene rings is 1. The summed E-state index contributed by atoms with van der Waals surface area (Å²) in [6.45, 7) is -0.489. The lowest BCUT2D eigenvalue weighted by atomic mass is 10.0. The molecular formula is C9H7NO4. The lowest BCUT2D eigenvalue weighted by Gasteiger charge is -2.04. The zero-order valence-electron chi connectivity index (χ0n) is 7.06. The Labute approximate surface area is 79.5 Å². The second kappa shape index (κ2) is 3.77. The van der Waals surface area contributed by atoms with Crippen LogP contribution in [0.25, 0.3) is 0 Å². The van der Waals surface area contributed by atoms with Gasteiger partial charge >= 0.3 is 5.97 Å². The fourth-order valence-corrected chi connectivity index (χ4v) is 1.05. The molecule has 0 spiro atoms. The molecule has 0 saturated carbocycles. The standard InChI is InChI=1S/C9H7NO4/c10-3-5-1-6(4-11)7(9(13)14)2-8(5)12/h1-2,11-12H,4H2,(H,13,14). The number of aromatic hydroxyl groups is 1. The highest BCUT2D eigenvalue weighted by atomic mass is 16.4. The molecule has 5 nitrogen and oxygen atoms in total. The van der Waals surface area contributed by atoms with E-state index in [9.17, 15) is 9.90 Å². The number of carboxylic acid groups (broad SMARTS) is 1. The number of carboxylic acids is 1. The van der Waals surface area contributed by atoms with Gasteiger partial charge in [0.25, 0.3) is 0 Å². The summed E-state index contributed by atoms with van der Waals surface area (Å²) >= 11 is 0. The lowest BCUT2D eigenvalue weighted by molar-refractivity contribution is 0.0693. The summed E-state index contributed by atoms with van der Waals surface area (Å²) in [5.41, 5.74) is -0.157. The highest BCUT2D eigenvalue weighted by Gasteiger charge is 2.13. The molecule has 0 unspecified atom stereocenters. The van der Waals surface area contributed by atoms with Crippen LogP contribution in [0.2, 0.25) is 0 Å². The third kappa shape index (κ3) is 1.65. The van der Waals surface area contributed by atoms with Crippen LogP contribution in [0, 0.1) is 11.3 Å². The van der Waals surface area contributed by atoms with E-state index in [0.717, 1.165) is 12.1 Å². The van der Waals surface area contributed by atoms with E-state index >= 15 is 0 Å². The van der Waals surface area contributed by atoms with Crippen LogP contribution in [0.5, 0.6) is 5.75 Å². The summed E-state index contributed by atoms with van der Waals surface area (Å²) in [6, 6.07) is 3.78. The van der Waals surface area contributed by atoms with Gasteiger partial charge in [0.2, 0.25) is 0 Å². The molecule has 0 fully saturated rings. The van der Waals surface area contributed by atoms with E-state index in [1.165, 1.54) is 0 Å². The van der Waals surface area contributed by atoms with E-state index in [-0.39, 0.29) is 16.7 Å². The van der Waals surface area contributed by atoms with Crippen LogP contribution in [0.4, 0.5) is 0 Å². The highest BCUT2D eigenvalue weighted by Crippen LogP contribution is 2.22. The van der Waals surface area contributed by atoms with Crippen molar-refractivity contribution in [2.45, 2.75) is 6.61 Å². The number of phenolic OH excluding ortho intramolecular Hbond substituents is 1. The summed E-state index contributed by atoms with van der Waals surface area (Å²) in [6.07, 6.45) is 0. The van der Waals surface area contributed by atoms with Gasteiger partial charge in [-0.1, -0.05) is 0 Å². The maximum absolute atomic E-state index is 10.6. The second-order valence-corrected chi connectivity index (χ2v) is 2.60. The molecule has 0 atom stereocenters. The van der Waals surface area contributed by atoms with Gasteiger partial charge in [0, 0.05) is 0 Å². The van der Waals surface area contributed by atoms with Crippen LogP contribution in [0.1, 0.15) is 21.5 Å². The average molecular weight is 193 g/mol. The number of aliphatic hydroxyl groups excluding tert-OH is 1. The van der Waals surface area contributed by atoms with Crippen LogP contribution < -0.4 is 0 Å². The molecule has 14 heavy (non-hydrogen) atoms. The molecule has 72 valence electrons. The van der Waals surface area contributed by atoms with Gasteiger partial charge in [-0.3, -0.25) is 0 Å². The fraction of sp³-hybridized carbons (Fsp3) is 0.111. The third-order valence-electron chi connectivity index (χ3n) is 1.74. The first-order chi connectivity index (χ1) is 6.60. The SMILES string of the molecule is N#Cc1cc(CO)c(C(=O)O)cc1O. The number of hydrogen-bond donors (Lipinski definition) is 3. The van der Waals surface area contributed by atoms with Crippen molar-refractivity contribution < 1.29 is 20.1 Å². The number of aliphatic hydroxyl groups is 1. The number of nitrogens with zero attached hydrogens (tertiary/aromatic N) is 1. The van der Waals surface area contributed by atoms with Crippen LogP contribution >= 0.6 is 0 Å². The molecule has 0 aliphatic carbocycles. The van der Waals surface area contributed by atoms with Crippen molar-refractivity contribution in [2.24, 2.45) is 0 Å². The molecule has 0 amide bonds. The third-order valence-corrected chi connectivity index (χ3v) is 1.74. The first-order valence-corrected chi connectivity index (χ1v) is 3.70. The number of aromatic carboxylic acids is 1. The van der Waals surface area contributed by atoms with Gasteiger partial charge < -0.3 is 15.3 Å². The summed E-state index contributed by atoms with van der Waals surface area (Å²) < 4.78 is 0. The molecule has 5 heteroatoms. The summed E-state index contributed by atoms with van der Waals surface area (Å²) in [5, 5.41) is 35.2. The van der Waals surface area contributed by atoms with E-state index in [2.05, 4.69) is 0 Å². The Hall–Kier alpha value is -2.06. The lowest BCUT2D eigenvalue weighted by Crippen LogP contribution is -2.03. The van der Waals surface area contributed by atoms with Gasteiger partial charge in [-0.05, 0) is 17.7 Å². The molecule has 3 N–H and O–H groups in total. The van der Waals surface area contributed by atoms with Crippen LogP contribution in [0.3, 0.4) is 0 Å². The van der Waals surface area contributed by atoms with E-state index in [4.69, 9.17) is 15.5 Å². The summed E-state index contributed by atoms with van der Waals surface area (Å²) in [7, 11) is 0. The molecule has 0 aliphatic rings. The number of rotatable bonds is 2. The predicted octanol–water partition coefficient (Wildman–Crippen LogP) is 0.454. The Bertz CT molecular complexity index is 420. The molecule has 1 aromatic carbocycles. The van der Waals surface area contributed by atoms with E-state index in [1.54, 1.807) is 6.07 Å². The topological polar surface area (TPSA) is 102 Å². The van der Waals surface area contributed by atoms with Gasteiger partial charge in [0.1, 0.15) is 11.8 Å². The molecular weight excluding hydrogens is 186 g/mol. The Balaban J connectivity index is 3.41. The monoisotopic (exact) mass is 193 g/mol. The molecule has 0 heterocycles. The molecule has 1 aromatic rings. The summed E-state index contributed by atoms with van der Waals surface area (Å²) in [5.74, 6) is -1.66. The average Bonchev–Trinajstić information content (AvgIpc) is 2.17. The highest BCUT2D eigenvalue weighted by molar-refractivity contribution is 5.90. The smallest absolute Gasteiger partial charge is 0.336 e. The Morgan fingerprint density at radius 1 is 1.50 bits per heavy atom. The molecule has 0 aromatic heterocycles. The first-order valence-electron chi connectivity index (χ1n) is 3.70. The Morgan fingerprint density at radius 2 is 2.14 bits per heavy atom. The van der Waals surface area contributed by atoms with Crippen LogP contribution in [-0.4, -0.2) is 21.3 Å². The van der Waals surface area contributed by atoms with E-state index in [1.807, 2.05) is 0 Å². The van der Waals surface area contributed by atoms with Crippen molar-refractivity contribution in [2.75, 3.05) is 0 Å². The van der Waals surface area contributed by atoms with Gasteiger partial charge in [-0.25, -0.2) is 4.79 Å². The van der Waals surface area contributed by atoms with Crippen LogP contribution in [0.15, 0.2) is 12.1 Å². The van der Waals surface area contributed by atoms with E-state index < -0.39 is 18.3 Å². The van der Waals surface area contributed by atoms with Gasteiger partial charge in [-0.2, -0.15) is 5.26 Å². The summed E-state index contributed by atoms with van der Waals surface area (Å²) in [4.78, 5) is 10.6. The number of phenols is 1. The van der Waals surface area contributed by atoms with Crippen molar-refractivity contribution in [3.63, 3.8) is 0 Å². The van der Waals surface area contributed by atoms with Gasteiger partial charge in [-0.15, -0.1) is 0 Å². The van der Waals surface area contributed by atoms with E-state index in [0.29, 0.717) is 0 Å². The van der Waals surface area contributed by atoms with Crippen LogP contribution in [-0.2, 0) is 6.61 Å². The van der Waals surface area contributed by atoms with Crippen molar-refractivity contribution in [1.82, 2.24) is 0 Å². The fourth-order valence-electron chi connectivity index (χ4n) is 1.05. The molecule has 0 aliphatic heterocycles. The number of nitriles is 1. The first kappa shape index (κ1) is 10.0. The normalized spacial score (nSPS) is 9.43. The minimum atomic E-state index is -1.26. The molecule has 0 radical (unpaired) electrons. The minimum absolute atomic E-state index is 0.0564. The second-order valence-electron chi connectivity index (χ2n) is 2.60. The predicted molar refractivity (Wildman–Crippen MR) is 45.7 cm³/mol. The number of carbonyl (C=O) groups is 1. The maximum Gasteiger partial charge on any atom is 0.336 e. The zero-order chi connectivity index (χ0) is 10.7. The zero-order valence-corrected chi connectivity index (χ0v) is 7.06. The van der Waals surface area contributed by atoms with Gasteiger partial charge in [0.05, 0.1) is 17.7 Å². The quantitative estimate of drug-likeness (QED) is 0.633. The molecule has 0 saturated heterocycles. The largest absolute Gasteiger partial charge is 0.507 e. The van der Waals surface area contributed by atoms with Crippen molar-refractivity contribution in [3.05, 3.63) is 28.8 Å². The Kier molecular flexibility index (Phi) is 2.70. The minimum Gasteiger partial charge on any atom is -0.507 e. The molecule has 0 bridgehead atoms. The maximum atomic E-state index is 10.6. The number of hydrogen-bond acceptors (Lipinski definition) is 4. The van der Waals surface area contributed by atoms with Crippen molar-refractivity contribution >= 4 is 5.97 Å². The Morgan fingerprint density at radius 3 is 2.57 bits per heavy atom. The molecule has 1 rings (SSSR count). The van der Waals surface area contributed by atoms with Gasteiger partial charge in [0.15, 0.2) is 0 Å². The van der Waals surface area contributed by atoms with Crippen molar-refractivity contribution in [3.8, 4) is 11.8 Å².